The molecule has 1 heterocycles. The van der Waals surface area contributed by atoms with Gasteiger partial charge in [0.25, 0.3) is 0 Å². The molecule has 2 N–H and O–H groups in total. The maximum atomic E-state index is 5.80. The Morgan fingerprint density at radius 1 is 1.31 bits per heavy atom. The smallest absolute Gasteiger partial charge is 0.0414 e. The van der Waals surface area contributed by atoms with Crippen molar-refractivity contribution in [1.82, 2.24) is 0 Å². The van der Waals surface area contributed by atoms with Gasteiger partial charge in [-0.25, -0.2) is 0 Å². The van der Waals surface area contributed by atoms with E-state index < -0.39 is 0 Å². The molecule has 2 unspecified atom stereocenters. The standard InChI is InChI=1S/C14H22N2/c1-11-7-8-16(12(2)9-11)14-6-4-3-5-13(14)10-15/h3-6,11-12H,7-10,15H2,1-2H3. The van der Waals surface area contributed by atoms with Crippen LogP contribution < -0.4 is 10.6 Å². The fraction of sp³-hybridized carbons (Fsp3) is 0.571. The van der Waals surface area contributed by atoms with Crippen molar-refractivity contribution in [2.75, 3.05) is 11.4 Å². The Labute approximate surface area is 98.4 Å². The highest BCUT2D eigenvalue weighted by Crippen LogP contribution is 2.29. The molecule has 1 fully saturated rings. The first-order valence-corrected chi connectivity index (χ1v) is 6.27. The van der Waals surface area contributed by atoms with Crippen molar-refractivity contribution in [3.05, 3.63) is 29.8 Å². The topological polar surface area (TPSA) is 29.3 Å². The molecule has 1 aromatic carbocycles. The molecule has 0 radical (unpaired) electrons. The largest absolute Gasteiger partial charge is 0.369 e. The van der Waals surface area contributed by atoms with Crippen LogP contribution in [0, 0.1) is 5.92 Å². The Morgan fingerprint density at radius 3 is 2.75 bits per heavy atom. The van der Waals surface area contributed by atoms with Gasteiger partial charge >= 0.3 is 0 Å². The van der Waals surface area contributed by atoms with Gasteiger partial charge in [-0.2, -0.15) is 0 Å². The van der Waals surface area contributed by atoms with E-state index in [1.165, 1.54) is 30.6 Å². The third-order valence-corrected chi connectivity index (χ3v) is 3.66. The molecule has 0 bridgehead atoms. The van der Waals surface area contributed by atoms with E-state index in [9.17, 15) is 0 Å². The average molecular weight is 218 g/mol. The minimum Gasteiger partial charge on any atom is -0.369 e. The van der Waals surface area contributed by atoms with Crippen LogP contribution >= 0.6 is 0 Å². The molecule has 2 rings (SSSR count). The molecule has 0 amide bonds. The van der Waals surface area contributed by atoms with E-state index in [1.54, 1.807) is 0 Å². The van der Waals surface area contributed by atoms with Crippen molar-refractivity contribution in [2.45, 2.75) is 39.3 Å². The summed E-state index contributed by atoms with van der Waals surface area (Å²) in [7, 11) is 0. The van der Waals surface area contributed by atoms with Gasteiger partial charge in [-0.1, -0.05) is 25.1 Å². The van der Waals surface area contributed by atoms with Gasteiger partial charge in [0.1, 0.15) is 0 Å². The Kier molecular flexibility index (Phi) is 3.49. The molecule has 2 atom stereocenters. The minimum absolute atomic E-state index is 0.634. The predicted molar refractivity (Wildman–Crippen MR) is 69.5 cm³/mol. The highest BCUT2D eigenvalue weighted by atomic mass is 15.2. The van der Waals surface area contributed by atoms with Crippen molar-refractivity contribution in [3.8, 4) is 0 Å². The maximum absolute atomic E-state index is 5.80. The van der Waals surface area contributed by atoms with Gasteiger partial charge in [-0.05, 0) is 37.3 Å². The van der Waals surface area contributed by atoms with Crippen LogP contribution in [-0.4, -0.2) is 12.6 Å². The molecule has 1 aromatic rings. The molecule has 0 aromatic heterocycles. The summed E-state index contributed by atoms with van der Waals surface area (Å²) < 4.78 is 0. The second-order valence-electron chi connectivity index (χ2n) is 5.00. The fourth-order valence-corrected chi connectivity index (χ4v) is 2.73. The van der Waals surface area contributed by atoms with Crippen LogP contribution in [0.3, 0.4) is 0 Å². The Balaban J connectivity index is 2.23. The highest BCUT2D eigenvalue weighted by molar-refractivity contribution is 5.54. The van der Waals surface area contributed by atoms with Crippen molar-refractivity contribution >= 4 is 5.69 Å². The summed E-state index contributed by atoms with van der Waals surface area (Å²) in [5.74, 6) is 0.858. The normalized spacial score (nSPS) is 25.8. The predicted octanol–water partition coefficient (Wildman–Crippen LogP) is 2.77. The van der Waals surface area contributed by atoms with E-state index in [0.717, 1.165) is 5.92 Å². The molecule has 0 spiro atoms. The second kappa shape index (κ2) is 4.88. The lowest BCUT2D eigenvalue weighted by Gasteiger charge is -2.39. The number of anilines is 1. The van der Waals surface area contributed by atoms with Gasteiger partial charge in [0.2, 0.25) is 0 Å². The molecule has 2 heteroatoms. The van der Waals surface area contributed by atoms with Crippen LogP contribution in [0.1, 0.15) is 32.3 Å². The number of nitrogens with two attached hydrogens (primary N) is 1. The number of piperidine rings is 1. The van der Waals surface area contributed by atoms with E-state index in [2.05, 4.69) is 43.0 Å². The number of hydrogen-bond donors (Lipinski definition) is 1. The van der Waals surface area contributed by atoms with Gasteiger partial charge < -0.3 is 10.6 Å². The van der Waals surface area contributed by atoms with Crippen molar-refractivity contribution in [3.63, 3.8) is 0 Å². The SMILES string of the molecule is CC1CCN(c2ccccc2CN)C(C)C1. The number of rotatable bonds is 2. The molecule has 0 aliphatic carbocycles. The van der Waals surface area contributed by atoms with Gasteiger partial charge in [-0.3, -0.25) is 0 Å². The first-order chi connectivity index (χ1) is 7.72. The van der Waals surface area contributed by atoms with Gasteiger partial charge in [0.05, 0.1) is 0 Å². The van der Waals surface area contributed by atoms with Crippen molar-refractivity contribution < 1.29 is 0 Å². The van der Waals surface area contributed by atoms with E-state index >= 15 is 0 Å². The molecular formula is C14H22N2. The van der Waals surface area contributed by atoms with Gasteiger partial charge in [0, 0.05) is 24.8 Å². The lowest BCUT2D eigenvalue weighted by atomic mass is 9.92. The lowest BCUT2D eigenvalue weighted by Crippen LogP contribution is -2.40. The van der Waals surface area contributed by atoms with E-state index in [4.69, 9.17) is 5.73 Å². The Bertz CT molecular complexity index is 348. The van der Waals surface area contributed by atoms with Crippen LogP contribution in [0.25, 0.3) is 0 Å². The molecule has 0 saturated carbocycles. The summed E-state index contributed by atoms with van der Waals surface area (Å²) >= 11 is 0. The number of hydrogen-bond acceptors (Lipinski definition) is 2. The monoisotopic (exact) mass is 218 g/mol. The van der Waals surface area contributed by atoms with E-state index in [1.807, 2.05) is 0 Å². The van der Waals surface area contributed by atoms with Crippen molar-refractivity contribution in [2.24, 2.45) is 11.7 Å². The van der Waals surface area contributed by atoms with Crippen LogP contribution in [0.2, 0.25) is 0 Å². The summed E-state index contributed by atoms with van der Waals surface area (Å²) in [6.07, 6.45) is 2.59. The average Bonchev–Trinajstić information content (AvgIpc) is 2.29. The number of nitrogens with zero attached hydrogens (tertiary/aromatic N) is 1. The molecule has 1 saturated heterocycles. The minimum atomic E-state index is 0.634. The quantitative estimate of drug-likeness (QED) is 0.827. The molecule has 16 heavy (non-hydrogen) atoms. The zero-order chi connectivity index (χ0) is 11.5. The zero-order valence-corrected chi connectivity index (χ0v) is 10.3. The van der Waals surface area contributed by atoms with Gasteiger partial charge in [0.15, 0.2) is 0 Å². The highest BCUT2D eigenvalue weighted by Gasteiger charge is 2.23. The first kappa shape index (κ1) is 11.5. The third-order valence-electron chi connectivity index (χ3n) is 3.66. The Hall–Kier alpha value is -1.02. The molecule has 2 nitrogen and oxygen atoms in total. The zero-order valence-electron chi connectivity index (χ0n) is 10.3. The van der Waals surface area contributed by atoms with E-state index in [-0.39, 0.29) is 0 Å². The van der Waals surface area contributed by atoms with Gasteiger partial charge in [-0.15, -0.1) is 0 Å². The van der Waals surface area contributed by atoms with Crippen LogP contribution in [0.15, 0.2) is 24.3 Å². The second-order valence-corrected chi connectivity index (χ2v) is 5.00. The van der Waals surface area contributed by atoms with Crippen molar-refractivity contribution in [1.29, 1.82) is 0 Å². The summed E-state index contributed by atoms with van der Waals surface area (Å²) in [6.45, 7) is 6.47. The Morgan fingerprint density at radius 2 is 2.06 bits per heavy atom. The third kappa shape index (κ3) is 2.22. The summed E-state index contributed by atoms with van der Waals surface area (Å²) in [4.78, 5) is 2.52. The maximum Gasteiger partial charge on any atom is 0.0414 e. The number of benzene rings is 1. The van der Waals surface area contributed by atoms with Crippen LogP contribution in [0.4, 0.5) is 5.69 Å². The molecule has 88 valence electrons. The number of para-hydroxylation sites is 1. The summed E-state index contributed by atoms with van der Waals surface area (Å²) in [5.41, 5.74) is 8.41. The first-order valence-electron chi connectivity index (χ1n) is 6.27. The molecule has 1 aliphatic heterocycles. The fourth-order valence-electron chi connectivity index (χ4n) is 2.73. The van der Waals surface area contributed by atoms with E-state index in [0.29, 0.717) is 12.6 Å². The lowest BCUT2D eigenvalue weighted by molar-refractivity contribution is 0.377. The van der Waals surface area contributed by atoms with Crippen LogP contribution in [-0.2, 0) is 6.54 Å². The van der Waals surface area contributed by atoms with Crippen LogP contribution in [0.5, 0.6) is 0 Å². The summed E-state index contributed by atoms with van der Waals surface area (Å²) in [5, 5.41) is 0. The molecule has 1 aliphatic rings. The molecular weight excluding hydrogens is 196 g/mol. The summed E-state index contributed by atoms with van der Waals surface area (Å²) in [6, 6.07) is 9.16.